The highest BCUT2D eigenvalue weighted by molar-refractivity contribution is 5.85. The molecule has 0 aromatic carbocycles. The molecule has 0 aliphatic rings. The van der Waals surface area contributed by atoms with Crippen LogP contribution in [0.1, 0.15) is 33.6 Å². The number of carbonyl (C=O) groups is 1. The summed E-state index contributed by atoms with van der Waals surface area (Å²) in [5, 5.41) is 10.6. The summed E-state index contributed by atoms with van der Waals surface area (Å²) in [7, 11) is 0. The number of allylic oxidation sites excluding steroid dienone is 1. The van der Waals surface area contributed by atoms with E-state index < -0.39 is 16.6 Å². The first-order chi connectivity index (χ1) is 7.02. The van der Waals surface area contributed by atoms with Crippen LogP contribution in [-0.2, 0) is 9.53 Å². The lowest BCUT2D eigenvalue weighted by molar-refractivity contribution is -0.421. The maximum atomic E-state index is 11.2. The Labute approximate surface area is 89.3 Å². The molecule has 0 N–H and O–H groups in total. The molecule has 0 aromatic rings. The molecule has 0 rings (SSSR count). The molecular formula is C10H17NO4. The van der Waals surface area contributed by atoms with E-state index in [1.165, 1.54) is 6.08 Å². The van der Waals surface area contributed by atoms with Gasteiger partial charge in [0.05, 0.1) is 11.5 Å². The molecular weight excluding hydrogens is 198 g/mol. The summed E-state index contributed by atoms with van der Waals surface area (Å²) in [5.41, 5.74) is -0.460. The van der Waals surface area contributed by atoms with Gasteiger partial charge in [0, 0.05) is 6.08 Å². The van der Waals surface area contributed by atoms with Crippen LogP contribution in [0.4, 0.5) is 0 Å². The number of esters is 1. The number of carbonyl (C=O) groups excluding carboxylic acids is 1. The number of rotatable bonds is 6. The predicted molar refractivity (Wildman–Crippen MR) is 55.8 cm³/mol. The number of hydrogen-bond donors (Lipinski definition) is 0. The van der Waals surface area contributed by atoms with Crippen LogP contribution in [0.25, 0.3) is 0 Å². The lowest BCUT2D eigenvalue weighted by atomic mass is 10.1. The second-order valence-electron chi connectivity index (χ2n) is 3.30. The normalized spacial score (nSPS) is 13.4. The van der Waals surface area contributed by atoms with Gasteiger partial charge in [-0.1, -0.05) is 20.3 Å². The van der Waals surface area contributed by atoms with E-state index in [0.717, 1.165) is 12.8 Å². The van der Waals surface area contributed by atoms with Gasteiger partial charge in [0.15, 0.2) is 0 Å². The van der Waals surface area contributed by atoms with Crippen LogP contribution in [0, 0.1) is 16.0 Å². The molecule has 0 aliphatic heterocycles. The maximum absolute atomic E-state index is 11.2. The minimum Gasteiger partial charge on any atom is -0.458 e. The highest BCUT2D eigenvalue weighted by Crippen LogP contribution is 2.11. The summed E-state index contributed by atoms with van der Waals surface area (Å²) in [6.07, 6.45) is 3.10. The van der Waals surface area contributed by atoms with E-state index in [1.54, 1.807) is 6.92 Å². The van der Waals surface area contributed by atoms with Gasteiger partial charge in [-0.2, -0.15) is 0 Å². The average Bonchev–Trinajstić information content (AvgIpc) is 2.14. The molecule has 0 saturated carbocycles. The smallest absolute Gasteiger partial charge is 0.409 e. The number of nitro groups is 1. The molecule has 0 heterocycles. The zero-order chi connectivity index (χ0) is 11.8. The third-order valence-corrected chi connectivity index (χ3v) is 1.87. The largest absolute Gasteiger partial charge is 0.458 e. The molecule has 1 atom stereocenters. The van der Waals surface area contributed by atoms with Crippen LogP contribution < -0.4 is 0 Å². The highest BCUT2D eigenvalue weighted by Gasteiger charge is 2.23. The van der Waals surface area contributed by atoms with Crippen molar-refractivity contribution in [1.29, 1.82) is 0 Å². The minimum absolute atomic E-state index is 0.0137. The number of hydrogen-bond acceptors (Lipinski definition) is 4. The van der Waals surface area contributed by atoms with E-state index in [-0.39, 0.29) is 12.5 Å². The second-order valence-corrected chi connectivity index (χ2v) is 3.30. The van der Waals surface area contributed by atoms with Crippen molar-refractivity contribution >= 4 is 5.97 Å². The third kappa shape index (κ3) is 5.15. The Morgan fingerprint density at radius 2 is 2.13 bits per heavy atom. The Kier molecular flexibility index (Phi) is 6.33. The first-order valence-corrected chi connectivity index (χ1v) is 5.06. The molecule has 0 radical (unpaired) electrons. The van der Waals surface area contributed by atoms with E-state index in [0.29, 0.717) is 0 Å². The summed E-state index contributed by atoms with van der Waals surface area (Å²) in [5.74, 6) is -0.842. The van der Waals surface area contributed by atoms with Crippen molar-refractivity contribution in [2.24, 2.45) is 5.92 Å². The summed E-state index contributed by atoms with van der Waals surface area (Å²) >= 11 is 0. The maximum Gasteiger partial charge on any atom is 0.409 e. The Morgan fingerprint density at radius 3 is 2.53 bits per heavy atom. The topological polar surface area (TPSA) is 69.4 Å². The standard InChI is InChI=1S/C10H17NO4/c1-4-6-8(3)7-9(11(13)14)10(12)15-5-2/h7-8H,4-6H2,1-3H3. The average molecular weight is 215 g/mol. The number of ether oxygens (including phenoxy) is 1. The van der Waals surface area contributed by atoms with Crippen molar-refractivity contribution in [2.75, 3.05) is 6.61 Å². The van der Waals surface area contributed by atoms with Crippen LogP contribution in [0.3, 0.4) is 0 Å². The van der Waals surface area contributed by atoms with Crippen LogP contribution in [-0.4, -0.2) is 17.5 Å². The van der Waals surface area contributed by atoms with E-state index in [9.17, 15) is 14.9 Å². The van der Waals surface area contributed by atoms with Gasteiger partial charge in [-0.25, -0.2) is 4.79 Å². The molecule has 0 bridgehead atoms. The fourth-order valence-electron chi connectivity index (χ4n) is 1.22. The Morgan fingerprint density at radius 1 is 1.53 bits per heavy atom. The monoisotopic (exact) mass is 215 g/mol. The molecule has 0 saturated heterocycles. The van der Waals surface area contributed by atoms with Gasteiger partial charge in [-0.15, -0.1) is 0 Å². The molecule has 0 aromatic heterocycles. The molecule has 0 aliphatic carbocycles. The van der Waals surface area contributed by atoms with Gasteiger partial charge in [0.1, 0.15) is 0 Å². The van der Waals surface area contributed by atoms with E-state index in [1.807, 2.05) is 13.8 Å². The van der Waals surface area contributed by atoms with Gasteiger partial charge in [0.2, 0.25) is 0 Å². The van der Waals surface area contributed by atoms with E-state index >= 15 is 0 Å². The molecule has 5 nitrogen and oxygen atoms in total. The van der Waals surface area contributed by atoms with Crippen molar-refractivity contribution < 1.29 is 14.5 Å². The predicted octanol–water partition coefficient (Wildman–Crippen LogP) is 2.15. The van der Waals surface area contributed by atoms with E-state index in [4.69, 9.17) is 0 Å². The van der Waals surface area contributed by atoms with Crippen molar-refractivity contribution in [2.45, 2.75) is 33.6 Å². The lowest BCUT2D eigenvalue weighted by Crippen LogP contribution is -2.15. The minimum atomic E-state index is -0.856. The first kappa shape index (κ1) is 13.6. The van der Waals surface area contributed by atoms with Gasteiger partial charge < -0.3 is 4.74 Å². The quantitative estimate of drug-likeness (QED) is 0.294. The summed E-state index contributed by atoms with van der Waals surface area (Å²) in [6.45, 7) is 5.59. The lowest BCUT2D eigenvalue weighted by Gasteiger charge is -2.04. The summed E-state index contributed by atoms with van der Waals surface area (Å²) in [6, 6.07) is 0. The Hall–Kier alpha value is -1.39. The van der Waals surface area contributed by atoms with Gasteiger partial charge >= 0.3 is 11.7 Å². The molecule has 86 valence electrons. The van der Waals surface area contributed by atoms with Gasteiger partial charge in [0.25, 0.3) is 0 Å². The fourth-order valence-corrected chi connectivity index (χ4v) is 1.22. The van der Waals surface area contributed by atoms with Crippen LogP contribution in [0.15, 0.2) is 11.8 Å². The SMILES string of the molecule is CCCC(C)C=C(C(=O)OCC)[N+](=O)[O-]. The second kappa shape index (κ2) is 6.98. The molecule has 0 amide bonds. The Balaban J connectivity index is 4.64. The Bertz CT molecular complexity index is 260. The van der Waals surface area contributed by atoms with Crippen molar-refractivity contribution in [3.05, 3.63) is 21.9 Å². The summed E-state index contributed by atoms with van der Waals surface area (Å²) in [4.78, 5) is 21.1. The van der Waals surface area contributed by atoms with Crippen LogP contribution >= 0.6 is 0 Å². The van der Waals surface area contributed by atoms with Crippen molar-refractivity contribution in [1.82, 2.24) is 0 Å². The van der Waals surface area contributed by atoms with Gasteiger partial charge in [-0.3, -0.25) is 10.1 Å². The molecule has 5 heteroatoms. The molecule has 0 spiro atoms. The summed E-state index contributed by atoms with van der Waals surface area (Å²) < 4.78 is 4.60. The number of nitrogens with zero attached hydrogens (tertiary/aromatic N) is 1. The van der Waals surface area contributed by atoms with Crippen molar-refractivity contribution in [3.63, 3.8) is 0 Å². The molecule has 0 fully saturated rings. The zero-order valence-electron chi connectivity index (χ0n) is 9.36. The van der Waals surface area contributed by atoms with Crippen LogP contribution in [0.2, 0.25) is 0 Å². The van der Waals surface area contributed by atoms with Crippen molar-refractivity contribution in [3.8, 4) is 0 Å². The van der Waals surface area contributed by atoms with Gasteiger partial charge in [-0.05, 0) is 19.3 Å². The molecule has 15 heavy (non-hydrogen) atoms. The molecule has 1 unspecified atom stereocenters. The van der Waals surface area contributed by atoms with E-state index in [2.05, 4.69) is 4.74 Å². The third-order valence-electron chi connectivity index (χ3n) is 1.87. The highest BCUT2D eigenvalue weighted by atomic mass is 16.6. The van der Waals surface area contributed by atoms with Crippen LogP contribution in [0.5, 0.6) is 0 Å². The first-order valence-electron chi connectivity index (χ1n) is 5.06. The fraction of sp³-hybridized carbons (Fsp3) is 0.700. The zero-order valence-corrected chi connectivity index (χ0v) is 9.36.